The predicted molar refractivity (Wildman–Crippen MR) is 97.7 cm³/mol. The third-order valence-electron chi connectivity index (χ3n) is 4.32. The lowest BCUT2D eigenvalue weighted by molar-refractivity contribution is -0.890. The highest BCUT2D eigenvalue weighted by Gasteiger charge is 2.19. The molecular formula is C19H23N4O2+. The van der Waals surface area contributed by atoms with Crippen LogP contribution in [0.4, 0.5) is 11.4 Å². The van der Waals surface area contributed by atoms with Crippen molar-refractivity contribution in [2.75, 3.05) is 26.0 Å². The van der Waals surface area contributed by atoms with Crippen LogP contribution in [0.3, 0.4) is 0 Å². The van der Waals surface area contributed by atoms with E-state index >= 15 is 0 Å². The van der Waals surface area contributed by atoms with Crippen molar-refractivity contribution in [3.05, 3.63) is 69.3 Å². The van der Waals surface area contributed by atoms with Crippen molar-refractivity contribution in [3.63, 3.8) is 0 Å². The Kier molecular flexibility index (Phi) is 6.09. The van der Waals surface area contributed by atoms with Crippen molar-refractivity contribution >= 4 is 11.4 Å². The standard InChI is InChI=1S/C19H22N4O2/c1-4-14-5-7-15(8-6-14)19(22(2)3)13-21-18-10-9-17(23(24)25)11-16(18)12-20/h5-11,19,21H,4,13H2,1-3H3/p+1/t19-/m0/s1. The van der Waals surface area contributed by atoms with Gasteiger partial charge in [-0.25, -0.2) is 0 Å². The van der Waals surface area contributed by atoms with Crippen molar-refractivity contribution in [2.24, 2.45) is 0 Å². The van der Waals surface area contributed by atoms with Gasteiger partial charge in [-0.3, -0.25) is 10.1 Å². The van der Waals surface area contributed by atoms with E-state index in [4.69, 9.17) is 0 Å². The molecule has 6 heteroatoms. The van der Waals surface area contributed by atoms with E-state index in [1.54, 1.807) is 6.07 Å². The van der Waals surface area contributed by atoms with Gasteiger partial charge in [-0.05, 0) is 18.1 Å². The molecule has 0 heterocycles. The van der Waals surface area contributed by atoms with E-state index in [0.29, 0.717) is 12.2 Å². The first-order valence-corrected chi connectivity index (χ1v) is 8.27. The Morgan fingerprint density at radius 2 is 1.92 bits per heavy atom. The van der Waals surface area contributed by atoms with Crippen molar-refractivity contribution in [2.45, 2.75) is 19.4 Å². The number of nitro groups is 1. The largest absolute Gasteiger partial charge is 0.378 e. The molecule has 0 aliphatic rings. The average molecular weight is 339 g/mol. The molecule has 0 bridgehead atoms. The Morgan fingerprint density at radius 1 is 1.24 bits per heavy atom. The topological polar surface area (TPSA) is 83.4 Å². The monoisotopic (exact) mass is 339 g/mol. The third-order valence-corrected chi connectivity index (χ3v) is 4.32. The quantitative estimate of drug-likeness (QED) is 0.599. The van der Waals surface area contributed by atoms with Crippen molar-refractivity contribution < 1.29 is 9.82 Å². The van der Waals surface area contributed by atoms with Crippen LogP contribution in [0.1, 0.15) is 29.7 Å². The molecule has 25 heavy (non-hydrogen) atoms. The summed E-state index contributed by atoms with van der Waals surface area (Å²) in [6, 6.07) is 15.1. The number of anilines is 1. The lowest BCUT2D eigenvalue weighted by Crippen LogP contribution is -3.06. The minimum Gasteiger partial charge on any atom is -0.378 e. The summed E-state index contributed by atoms with van der Waals surface area (Å²) >= 11 is 0. The van der Waals surface area contributed by atoms with Gasteiger partial charge in [0.1, 0.15) is 12.1 Å². The smallest absolute Gasteiger partial charge is 0.270 e. The predicted octanol–water partition coefficient (Wildman–Crippen LogP) is 2.33. The van der Waals surface area contributed by atoms with E-state index in [2.05, 4.69) is 50.6 Å². The van der Waals surface area contributed by atoms with E-state index in [1.165, 1.54) is 28.2 Å². The minimum atomic E-state index is -0.493. The van der Waals surface area contributed by atoms with E-state index in [-0.39, 0.29) is 17.3 Å². The molecule has 2 aromatic carbocycles. The number of nitrogens with one attached hydrogen (secondary N) is 2. The molecule has 0 saturated carbocycles. The molecule has 2 aromatic rings. The Bertz CT molecular complexity index is 779. The van der Waals surface area contributed by atoms with E-state index in [9.17, 15) is 15.4 Å². The average Bonchev–Trinajstić information content (AvgIpc) is 2.62. The summed E-state index contributed by atoms with van der Waals surface area (Å²) < 4.78 is 0. The lowest BCUT2D eigenvalue weighted by Gasteiger charge is -2.23. The fourth-order valence-corrected chi connectivity index (χ4v) is 2.75. The maximum atomic E-state index is 10.8. The van der Waals surface area contributed by atoms with Gasteiger partial charge >= 0.3 is 0 Å². The van der Waals surface area contributed by atoms with Crippen LogP contribution < -0.4 is 10.2 Å². The molecule has 0 unspecified atom stereocenters. The molecule has 0 spiro atoms. The number of nitro benzene ring substituents is 1. The van der Waals surface area contributed by atoms with Gasteiger partial charge in [0.25, 0.3) is 5.69 Å². The van der Waals surface area contributed by atoms with Gasteiger partial charge in [0.05, 0.1) is 36.8 Å². The number of rotatable bonds is 7. The fourth-order valence-electron chi connectivity index (χ4n) is 2.75. The molecule has 0 aliphatic heterocycles. The Hall–Kier alpha value is -2.91. The molecule has 1 atom stereocenters. The van der Waals surface area contributed by atoms with Crippen LogP contribution in [0.15, 0.2) is 42.5 Å². The van der Waals surface area contributed by atoms with Crippen molar-refractivity contribution in [1.29, 1.82) is 5.26 Å². The van der Waals surface area contributed by atoms with Crippen LogP contribution in [0.5, 0.6) is 0 Å². The highest BCUT2D eigenvalue weighted by Crippen LogP contribution is 2.22. The first-order valence-electron chi connectivity index (χ1n) is 8.27. The highest BCUT2D eigenvalue weighted by molar-refractivity contribution is 5.61. The molecule has 0 saturated heterocycles. The first kappa shape index (κ1) is 18.4. The second-order valence-corrected chi connectivity index (χ2v) is 6.20. The van der Waals surface area contributed by atoms with Crippen LogP contribution >= 0.6 is 0 Å². The number of nitrogens with zero attached hydrogens (tertiary/aromatic N) is 2. The first-order chi connectivity index (χ1) is 12.0. The summed E-state index contributed by atoms with van der Waals surface area (Å²) in [7, 11) is 4.17. The summed E-state index contributed by atoms with van der Waals surface area (Å²) in [5, 5.41) is 23.4. The number of hydrogen-bond acceptors (Lipinski definition) is 4. The number of non-ortho nitro benzene ring substituents is 1. The molecule has 0 aliphatic carbocycles. The van der Waals surface area contributed by atoms with Crippen LogP contribution in [0.25, 0.3) is 0 Å². The molecule has 2 rings (SSSR count). The van der Waals surface area contributed by atoms with Gasteiger partial charge in [0.15, 0.2) is 0 Å². The van der Waals surface area contributed by atoms with Crippen molar-refractivity contribution in [3.8, 4) is 6.07 Å². The Labute approximate surface area is 147 Å². The Morgan fingerprint density at radius 3 is 2.44 bits per heavy atom. The van der Waals surface area contributed by atoms with E-state index in [1.807, 2.05) is 6.07 Å². The zero-order valence-corrected chi connectivity index (χ0v) is 14.7. The van der Waals surface area contributed by atoms with Crippen LogP contribution in [-0.4, -0.2) is 25.6 Å². The van der Waals surface area contributed by atoms with Gasteiger partial charge in [-0.2, -0.15) is 5.26 Å². The molecule has 0 radical (unpaired) electrons. The van der Waals surface area contributed by atoms with Crippen molar-refractivity contribution in [1.82, 2.24) is 0 Å². The van der Waals surface area contributed by atoms with E-state index in [0.717, 1.165) is 6.42 Å². The maximum absolute atomic E-state index is 10.8. The fraction of sp³-hybridized carbons (Fsp3) is 0.316. The summed E-state index contributed by atoms with van der Waals surface area (Å²) in [5.41, 5.74) is 3.33. The minimum absolute atomic E-state index is 0.0768. The number of nitriles is 1. The second-order valence-electron chi connectivity index (χ2n) is 6.20. The zero-order chi connectivity index (χ0) is 18.4. The molecule has 2 N–H and O–H groups in total. The van der Waals surface area contributed by atoms with Crippen LogP contribution in [0.2, 0.25) is 0 Å². The van der Waals surface area contributed by atoms with Gasteiger partial charge in [-0.15, -0.1) is 0 Å². The second kappa shape index (κ2) is 8.27. The number of quaternary nitrogens is 1. The molecule has 0 aromatic heterocycles. The third kappa shape index (κ3) is 4.55. The Balaban J connectivity index is 2.18. The molecule has 0 amide bonds. The highest BCUT2D eigenvalue weighted by atomic mass is 16.6. The normalized spacial score (nSPS) is 11.8. The molecular weight excluding hydrogens is 316 g/mol. The van der Waals surface area contributed by atoms with Gasteiger partial charge < -0.3 is 10.2 Å². The van der Waals surface area contributed by atoms with Crippen LogP contribution in [0, 0.1) is 21.4 Å². The van der Waals surface area contributed by atoms with Gasteiger partial charge in [0, 0.05) is 17.7 Å². The summed E-state index contributed by atoms with van der Waals surface area (Å²) in [6.45, 7) is 2.75. The number of likely N-dealkylation sites (N-methyl/N-ethyl adjacent to an activating group) is 1. The number of benzene rings is 2. The van der Waals surface area contributed by atoms with Gasteiger partial charge in [-0.1, -0.05) is 31.2 Å². The lowest BCUT2D eigenvalue weighted by atomic mass is 10.0. The summed E-state index contributed by atoms with van der Waals surface area (Å²) in [5.74, 6) is 0. The van der Waals surface area contributed by atoms with E-state index < -0.39 is 4.92 Å². The zero-order valence-electron chi connectivity index (χ0n) is 14.7. The SMILES string of the molecule is CCc1ccc([C@H](CNc2ccc([N+](=O)[O-])cc2C#N)[NH+](C)C)cc1. The van der Waals surface area contributed by atoms with Gasteiger partial charge in [0.2, 0.25) is 0 Å². The summed E-state index contributed by atoms with van der Waals surface area (Å²) in [6.07, 6.45) is 1.01. The summed E-state index contributed by atoms with van der Waals surface area (Å²) in [4.78, 5) is 11.6. The number of aryl methyl sites for hydroxylation is 1. The van der Waals surface area contributed by atoms with Crippen LogP contribution in [-0.2, 0) is 6.42 Å². The molecule has 6 nitrogen and oxygen atoms in total. The molecule has 130 valence electrons. The molecule has 0 fully saturated rings. The number of hydrogen-bond donors (Lipinski definition) is 2. The maximum Gasteiger partial charge on any atom is 0.270 e.